The molecule has 0 bridgehead atoms. The molecule has 0 aliphatic carbocycles. The van der Waals surface area contributed by atoms with Crippen LogP contribution in [-0.4, -0.2) is 41.3 Å². The fraction of sp³-hybridized carbons (Fsp3) is 0.0248. The minimum Gasteiger partial charge on any atom is -0.504 e. The second kappa shape index (κ2) is 53.5. The number of aliphatic hydroxyl groups excluding tert-OH is 1. The second-order valence-electron chi connectivity index (χ2n) is 31.2. The number of carbonyl (C=O) groups excluding carboxylic acids is 2. The molecule has 0 atom stereocenters. The van der Waals surface area contributed by atoms with E-state index in [1.54, 1.807) is 36.4 Å². The van der Waals surface area contributed by atoms with Crippen molar-refractivity contribution in [3.63, 3.8) is 0 Å². The number of hydrogen-bond donors (Lipinski definition) is 3. The zero-order chi connectivity index (χ0) is 98.6. The van der Waals surface area contributed by atoms with Crippen LogP contribution in [0, 0.1) is 0 Å². The van der Waals surface area contributed by atoms with Crippen LogP contribution in [0.25, 0.3) is 40.0 Å². The van der Waals surface area contributed by atoms with E-state index < -0.39 is 80.0 Å². The summed E-state index contributed by atoms with van der Waals surface area (Å²) < 4.78 is 93.1. The minimum absolute atomic E-state index is 0. The van der Waals surface area contributed by atoms with E-state index in [0.29, 0.717) is 11.0 Å². The molecule has 0 radical (unpaired) electrons. The molecule has 8 nitrogen and oxygen atoms in total. The topological polar surface area (TPSA) is 123 Å². The van der Waals surface area contributed by atoms with E-state index in [1.807, 2.05) is 72.8 Å². The van der Waals surface area contributed by atoms with Gasteiger partial charge in [-0.15, -0.1) is 0 Å². The molecule has 0 saturated heterocycles. The summed E-state index contributed by atoms with van der Waals surface area (Å²) in [5.74, 6) is -2.36. The van der Waals surface area contributed by atoms with Crippen molar-refractivity contribution in [1.82, 2.24) is 0 Å². The number of alkyl halides is 6. The molecule has 0 amide bonds. The Balaban J connectivity index is 0.000000140. The molecule has 0 saturated carbocycles. The number of carbonyl (C=O) groups is 2. The third-order valence-electron chi connectivity index (χ3n) is 21.8. The molecule has 0 unspecified atom stereocenters. The Kier molecular flexibility index (Phi) is 39.6. The molecule has 708 valence electrons. The Morgan fingerprint density at radius 3 is 0.704 bits per heavy atom. The van der Waals surface area contributed by atoms with Gasteiger partial charge in [-0.25, -0.2) is 9.59 Å². The van der Waals surface area contributed by atoms with Crippen LogP contribution >= 0.6 is 47.6 Å². The smallest absolute Gasteiger partial charge is 0.488 e. The van der Waals surface area contributed by atoms with Gasteiger partial charge in [0, 0.05) is 20.4 Å². The number of aliphatic hydroxyl groups is 1. The van der Waals surface area contributed by atoms with Crippen molar-refractivity contribution in [2.75, 3.05) is 7.11 Å². The number of benzene rings is 18. The van der Waals surface area contributed by atoms with Gasteiger partial charge in [0.05, 0.1) is 18.2 Å². The van der Waals surface area contributed by atoms with Crippen LogP contribution < -0.4 is 69.1 Å². The molecule has 142 heavy (non-hydrogen) atoms. The molecule has 0 spiro atoms. The molecular formula is C121H94BBrF6O8P4Pd. The number of halogens is 7. The van der Waals surface area contributed by atoms with Crippen molar-refractivity contribution in [3.8, 4) is 22.3 Å². The number of hydrogen-bond acceptors (Lipinski definition) is 8. The van der Waals surface area contributed by atoms with Crippen molar-refractivity contribution in [3.05, 3.63) is 577 Å². The SMILES string of the molecule is COC1=C(Br)C(=O)O/C1=C\c1ccccc1C(F)(F)F.O=C1O/C(=C\c2ccccc2C(F)(F)F)C(O)=C1c1ccc(-c2ccccc2)cc1.OB(O)c1ccc(-c2ccccc2)cc1.[Pd].c1ccc(P(c2ccccc2)c2ccccc2)cc1.c1ccc(P(c2ccccc2)c2ccccc2)cc1.c1ccc(P(c2ccccc2)c2ccccc2)cc1.c1ccc(P(c2ccccc2)c2ccccc2)cc1. The van der Waals surface area contributed by atoms with Crippen LogP contribution in [0.1, 0.15) is 27.8 Å². The first-order valence-electron chi connectivity index (χ1n) is 44.8. The molecule has 18 aromatic carbocycles. The van der Waals surface area contributed by atoms with E-state index in [-0.39, 0.29) is 58.9 Å². The first kappa shape index (κ1) is 105. The standard InChI is InChI=1S/C24H15F3O3.4C18H15P.C13H8BrF3O3.C12H11BO2.Pd/c25-24(26,27)19-9-5-4-8-18(19)14-20-22(28)21(23(29)30-20)17-12-10-16(11-13-17)15-6-2-1-3-7-15;4*1-4-10-16(11-5-1)19(17-12-6-2-7-13-17)18-14-8-3-9-15-18;1-19-11-9(20-12(18)10(11)14)6-7-4-2-3-5-8(7)13(15,16)17;14-13(15)12-8-6-11(7-9-12)10-4-2-1-3-5-10;/h1-14,28H;4*1-15H;2-6H,1H3;1-9,14-15H;/b20-14-;;;;;9-6-;;. The van der Waals surface area contributed by atoms with Crippen LogP contribution in [0.5, 0.6) is 0 Å². The molecule has 20 rings (SSSR count). The van der Waals surface area contributed by atoms with Gasteiger partial charge in [-0.2, -0.15) is 26.3 Å². The van der Waals surface area contributed by atoms with Gasteiger partial charge in [-0.1, -0.05) is 510 Å². The van der Waals surface area contributed by atoms with Gasteiger partial charge in [-0.05, 0) is 180 Å². The summed E-state index contributed by atoms with van der Waals surface area (Å²) in [6.07, 6.45) is -6.94. The quantitative estimate of drug-likeness (QED) is 0.0317. The van der Waals surface area contributed by atoms with Crippen molar-refractivity contribution in [2.45, 2.75) is 12.4 Å². The van der Waals surface area contributed by atoms with E-state index >= 15 is 0 Å². The van der Waals surface area contributed by atoms with Crippen LogP contribution in [0.15, 0.2) is 549 Å². The first-order chi connectivity index (χ1) is 68.8. The fourth-order valence-corrected chi connectivity index (χ4v) is 24.8. The summed E-state index contributed by atoms with van der Waals surface area (Å²) in [6, 6.07) is 173. The Morgan fingerprint density at radius 1 is 0.275 bits per heavy atom. The third-order valence-corrected chi connectivity index (χ3v) is 32.2. The van der Waals surface area contributed by atoms with Gasteiger partial charge >= 0.3 is 31.4 Å². The molecular weight excluding hydrogens is 2020 g/mol. The van der Waals surface area contributed by atoms with E-state index in [9.17, 15) is 41.0 Å². The van der Waals surface area contributed by atoms with Crippen LogP contribution in [0.4, 0.5) is 26.3 Å². The van der Waals surface area contributed by atoms with Gasteiger partial charge < -0.3 is 29.4 Å². The molecule has 21 heteroatoms. The molecule has 18 aromatic rings. The molecule has 3 N–H and O–H groups in total. The van der Waals surface area contributed by atoms with Crippen molar-refractivity contribution in [2.24, 2.45) is 0 Å². The van der Waals surface area contributed by atoms with E-state index in [1.165, 1.54) is 107 Å². The van der Waals surface area contributed by atoms with Crippen molar-refractivity contribution >= 4 is 154 Å². The normalized spacial score (nSPS) is 12.5. The van der Waals surface area contributed by atoms with Gasteiger partial charge in [0.1, 0.15) is 10.1 Å². The number of ether oxygens (including phenoxy) is 3. The monoisotopic (exact) mass is 2110 g/mol. The van der Waals surface area contributed by atoms with Gasteiger partial charge in [-0.3, -0.25) is 0 Å². The largest absolute Gasteiger partial charge is 0.504 e. The van der Waals surface area contributed by atoms with Crippen molar-refractivity contribution < 1.29 is 85.7 Å². The first-order valence-corrected chi connectivity index (χ1v) is 51.0. The Hall–Kier alpha value is -14.1. The minimum atomic E-state index is -4.58. The number of esters is 2. The second-order valence-corrected chi connectivity index (χ2v) is 40.9. The predicted octanol–water partition coefficient (Wildman–Crippen LogP) is 24.9. The molecule has 2 aliphatic rings. The van der Waals surface area contributed by atoms with Crippen LogP contribution in [-0.2, 0) is 56.6 Å². The molecule has 0 fully saturated rings. The zero-order valence-electron chi connectivity index (χ0n) is 76.5. The maximum atomic E-state index is 13.2. The van der Waals surface area contributed by atoms with Crippen molar-refractivity contribution in [1.29, 1.82) is 0 Å². The summed E-state index contributed by atoms with van der Waals surface area (Å²) in [7, 11) is -1.88. The Labute approximate surface area is 851 Å². The summed E-state index contributed by atoms with van der Waals surface area (Å²) in [4.78, 5) is 23.7. The average Bonchev–Trinajstić information content (AvgIpc) is 1.63. The zero-order valence-corrected chi connectivity index (χ0v) is 83.2. The Morgan fingerprint density at radius 2 is 0.472 bits per heavy atom. The van der Waals surface area contributed by atoms with Gasteiger partial charge in [0.15, 0.2) is 23.0 Å². The van der Waals surface area contributed by atoms with E-state index in [2.05, 4.69) is 380 Å². The molecule has 2 heterocycles. The summed E-state index contributed by atoms with van der Waals surface area (Å²) >= 11 is 2.96. The van der Waals surface area contributed by atoms with Crippen LogP contribution in [0.2, 0.25) is 0 Å². The number of rotatable bonds is 19. The number of methoxy groups -OCH3 is 1. The maximum Gasteiger partial charge on any atom is 0.488 e. The van der Waals surface area contributed by atoms with E-state index in [4.69, 9.17) is 24.3 Å². The molecule has 2 aliphatic heterocycles. The predicted molar refractivity (Wildman–Crippen MR) is 578 cm³/mol. The van der Waals surface area contributed by atoms with Gasteiger partial charge in [0.25, 0.3) is 0 Å². The average molecular weight is 2110 g/mol. The van der Waals surface area contributed by atoms with Gasteiger partial charge in [0.2, 0.25) is 0 Å². The summed E-state index contributed by atoms with van der Waals surface area (Å²) in [5, 5.41) is 45.2. The fourth-order valence-electron chi connectivity index (χ4n) is 15.1. The third kappa shape index (κ3) is 29.5. The summed E-state index contributed by atoms with van der Waals surface area (Å²) in [6.45, 7) is 0. The van der Waals surface area contributed by atoms with Crippen LogP contribution in [0.3, 0.4) is 0 Å². The van der Waals surface area contributed by atoms with E-state index in [0.717, 1.165) is 46.5 Å². The Bertz CT molecular complexity index is 6240. The molecule has 0 aromatic heterocycles. The maximum absolute atomic E-state index is 13.2. The number of cyclic esters (lactones) is 2. The summed E-state index contributed by atoms with van der Waals surface area (Å²) in [5.41, 5.74) is 2.89.